The van der Waals surface area contributed by atoms with Gasteiger partial charge in [-0.1, -0.05) is 13.8 Å². The largest absolute Gasteiger partial charge is 0.307 e. The van der Waals surface area contributed by atoms with Crippen LogP contribution < -0.4 is 5.32 Å². The lowest BCUT2D eigenvalue weighted by molar-refractivity contribution is 0.462. The summed E-state index contributed by atoms with van der Waals surface area (Å²) in [6, 6.07) is 4.43. The van der Waals surface area contributed by atoms with Crippen LogP contribution in [-0.2, 0) is 6.54 Å². The molecule has 0 aliphatic heterocycles. The molecule has 0 saturated carbocycles. The number of aryl methyl sites for hydroxylation is 1. The molecular formula is C13H21N5S. The zero-order valence-electron chi connectivity index (χ0n) is 11.9. The van der Waals surface area contributed by atoms with Gasteiger partial charge in [0.05, 0.1) is 12.6 Å². The van der Waals surface area contributed by atoms with Crippen LogP contribution in [0.3, 0.4) is 0 Å². The maximum atomic E-state index is 4.14. The Labute approximate surface area is 118 Å². The summed E-state index contributed by atoms with van der Waals surface area (Å²) in [6.07, 6.45) is 0. The minimum Gasteiger partial charge on any atom is -0.307 e. The average molecular weight is 279 g/mol. The number of nitrogens with one attached hydrogen (secondary N) is 1. The zero-order valence-corrected chi connectivity index (χ0v) is 12.7. The fourth-order valence-corrected chi connectivity index (χ4v) is 2.73. The van der Waals surface area contributed by atoms with Crippen LogP contribution in [0.4, 0.5) is 0 Å². The Bertz CT molecular complexity index is 517. The molecule has 2 aromatic heterocycles. The number of aromatic nitrogens is 4. The summed E-state index contributed by atoms with van der Waals surface area (Å²) < 4.78 is 1.88. The maximum absolute atomic E-state index is 4.14. The molecular weight excluding hydrogens is 258 g/mol. The Balaban J connectivity index is 2.04. The highest BCUT2D eigenvalue weighted by atomic mass is 32.1. The normalized spacial score (nSPS) is 13.1. The van der Waals surface area contributed by atoms with Crippen LogP contribution in [0, 0.1) is 12.8 Å². The fourth-order valence-electron chi connectivity index (χ4n) is 1.86. The van der Waals surface area contributed by atoms with Crippen molar-refractivity contribution >= 4 is 11.3 Å². The molecule has 104 valence electrons. The van der Waals surface area contributed by atoms with E-state index in [1.165, 1.54) is 9.75 Å². The third kappa shape index (κ3) is 3.84. The molecule has 0 bridgehead atoms. The predicted molar refractivity (Wildman–Crippen MR) is 77.2 cm³/mol. The maximum Gasteiger partial charge on any atom is 0.168 e. The highest BCUT2D eigenvalue weighted by Gasteiger charge is 2.15. The number of hydrogen-bond donors (Lipinski definition) is 1. The molecule has 1 atom stereocenters. The first-order valence-corrected chi connectivity index (χ1v) is 7.42. The second-order valence-electron chi connectivity index (χ2n) is 5.23. The van der Waals surface area contributed by atoms with Gasteiger partial charge in [0.25, 0.3) is 0 Å². The second-order valence-corrected chi connectivity index (χ2v) is 6.60. The van der Waals surface area contributed by atoms with Crippen LogP contribution in [-0.4, -0.2) is 26.8 Å². The van der Waals surface area contributed by atoms with E-state index in [1.807, 2.05) is 4.68 Å². The van der Waals surface area contributed by atoms with Crippen LogP contribution in [0.2, 0.25) is 0 Å². The molecule has 0 spiro atoms. The number of rotatable bonds is 6. The van der Waals surface area contributed by atoms with Gasteiger partial charge in [-0.2, -0.15) is 0 Å². The van der Waals surface area contributed by atoms with Crippen LogP contribution in [0.5, 0.6) is 0 Å². The minimum absolute atomic E-state index is 0.165. The van der Waals surface area contributed by atoms with Gasteiger partial charge in [-0.15, -0.1) is 16.4 Å². The predicted octanol–water partition coefficient (Wildman–Crippen LogP) is 2.40. The minimum atomic E-state index is 0.165. The van der Waals surface area contributed by atoms with E-state index in [1.54, 1.807) is 11.3 Å². The summed E-state index contributed by atoms with van der Waals surface area (Å²) in [5.41, 5.74) is 0. The van der Waals surface area contributed by atoms with Crippen molar-refractivity contribution in [2.24, 2.45) is 5.92 Å². The van der Waals surface area contributed by atoms with Crippen LogP contribution in [0.1, 0.15) is 42.4 Å². The van der Waals surface area contributed by atoms with Crippen molar-refractivity contribution in [1.29, 1.82) is 0 Å². The molecule has 5 nitrogen and oxygen atoms in total. The average Bonchev–Trinajstić information content (AvgIpc) is 2.96. The first-order chi connectivity index (χ1) is 9.06. The Hall–Kier alpha value is -1.27. The van der Waals surface area contributed by atoms with Gasteiger partial charge < -0.3 is 5.32 Å². The van der Waals surface area contributed by atoms with Crippen LogP contribution >= 0.6 is 11.3 Å². The van der Waals surface area contributed by atoms with Crippen molar-refractivity contribution in [2.75, 3.05) is 6.54 Å². The molecule has 1 N–H and O–H groups in total. The van der Waals surface area contributed by atoms with Crippen molar-refractivity contribution in [2.45, 2.75) is 40.3 Å². The van der Waals surface area contributed by atoms with E-state index in [2.05, 4.69) is 60.7 Å². The van der Waals surface area contributed by atoms with Crippen molar-refractivity contribution in [1.82, 2.24) is 25.5 Å². The summed E-state index contributed by atoms with van der Waals surface area (Å²) in [4.78, 5) is 2.60. The van der Waals surface area contributed by atoms with E-state index >= 15 is 0 Å². The molecule has 0 fully saturated rings. The molecule has 0 aliphatic carbocycles. The standard InChI is InChI=1S/C13H21N5S/c1-9(2)7-14-11(4)13-15-16-17-18(13)8-12-6-5-10(3)19-12/h5-6,9,11,14H,7-8H2,1-4H3. The van der Waals surface area contributed by atoms with Gasteiger partial charge in [0.2, 0.25) is 0 Å². The lowest BCUT2D eigenvalue weighted by Crippen LogP contribution is -2.26. The summed E-state index contributed by atoms with van der Waals surface area (Å²) in [7, 11) is 0. The van der Waals surface area contributed by atoms with E-state index in [0.717, 1.165) is 18.9 Å². The van der Waals surface area contributed by atoms with Gasteiger partial charge in [-0.25, -0.2) is 4.68 Å². The number of nitrogens with zero attached hydrogens (tertiary/aromatic N) is 4. The van der Waals surface area contributed by atoms with Crippen LogP contribution in [0.25, 0.3) is 0 Å². The topological polar surface area (TPSA) is 55.6 Å². The quantitative estimate of drug-likeness (QED) is 0.882. The molecule has 0 aliphatic rings. The van der Waals surface area contributed by atoms with Crippen molar-refractivity contribution in [3.8, 4) is 0 Å². The Kier molecular flexibility index (Phi) is 4.66. The Morgan fingerprint density at radius 1 is 1.32 bits per heavy atom. The van der Waals surface area contributed by atoms with Gasteiger partial charge in [0.15, 0.2) is 5.82 Å². The molecule has 1 unspecified atom stereocenters. The lowest BCUT2D eigenvalue weighted by atomic mass is 10.2. The SMILES string of the molecule is Cc1ccc(Cn2nnnc2C(C)NCC(C)C)s1. The second kappa shape index (κ2) is 6.25. The van der Waals surface area contributed by atoms with Gasteiger partial charge in [-0.3, -0.25) is 0 Å². The Morgan fingerprint density at radius 3 is 2.74 bits per heavy atom. The zero-order chi connectivity index (χ0) is 13.8. The molecule has 6 heteroatoms. The highest BCUT2D eigenvalue weighted by Crippen LogP contribution is 2.17. The third-order valence-corrected chi connectivity index (χ3v) is 3.87. The molecule has 2 heterocycles. The summed E-state index contributed by atoms with van der Waals surface area (Å²) in [5.74, 6) is 1.51. The summed E-state index contributed by atoms with van der Waals surface area (Å²) >= 11 is 1.79. The van der Waals surface area contributed by atoms with Gasteiger partial charge in [0.1, 0.15) is 0 Å². The van der Waals surface area contributed by atoms with E-state index in [0.29, 0.717) is 5.92 Å². The van der Waals surface area contributed by atoms with Crippen molar-refractivity contribution in [3.63, 3.8) is 0 Å². The van der Waals surface area contributed by atoms with Crippen LogP contribution in [0.15, 0.2) is 12.1 Å². The highest BCUT2D eigenvalue weighted by molar-refractivity contribution is 7.11. The van der Waals surface area contributed by atoms with Crippen molar-refractivity contribution < 1.29 is 0 Å². The first-order valence-electron chi connectivity index (χ1n) is 6.61. The molecule has 2 rings (SSSR count). The summed E-state index contributed by atoms with van der Waals surface area (Å²) in [5, 5.41) is 15.5. The fraction of sp³-hybridized carbons (Fsp3) is 0.615. The lowest BCUT2D eigenvalue weighted by Gasteiger charge is -2.14. The van der Waals surface area contributed by atoms with E-state index in [9.17, 15) is 0 Å². The molecule has 0 aromatic carbocycles. The molecule has 0 amide bonds. The molecule has 2 aromatic rings. The molecule has 0 saturated heterocycles. The van der Waals surface area contributed by atoms with Crippen molar-refractivity contribution in [3.05, 3.63) is 27.7 Å². The van der Waals surface area contributed by atoms with Gasteiger partial charge in [-0.05, 0) is 48.9 Å². The smallest absolute Gasteiger partial charge is 0.168 e. The third-order valence-electron chi connectivity index (χ3n) is 2.88. The number of tetrazole rings is 1. The van der Waals surface area contributed by atoms with E-state index in [4.69, 9.17) is 0 Å². The van der Waals surface area contributed by atoms with Gasteiger partial charge >= 0.3 is 0 Å². The monoisotopic (exact) mass is 279 g/mol. The van der Waals surface area contributed by atoms with E-state index < -0.39 is 0 Å². The number of hydrogen-bond acceptors (Lipinski definition) is 5. The summed E-state index contributed by atoms with van der Waals surface area (Å²) in [6.45, 7) is 10.3. The number of thiophene rings is 1. The molecule has 0 radical (unpaired) electrons. The van der Waals surface area contributed by atoms with Gasteiger partial charge in [0, 0.05) is 9.75 Å². The Morgan fingerprint density at radius 2 is 2.11 bits per heavy atom. The molecule has 19 heavy (non-hydrogen) atoms. The van der Waals surface area contributed by atoms with E-state index in [-0.39, 0.29) is 6.04 Å². The first kappa shape index (κ1) is 14.1.